The number of rotatable bonds is 4. The number of carbonyl (C=O) groups is 1. The quantitative estimate of drug-likeness (QED) is 0.465. The lowest BCUT2D eigenvalue weighted by Gasteiger charge is -2.29. The molecule has 0 fully saturated rings. The number of hydrogen-bond acceptors (Lipinski definition) is 2. The molecule has 0 bridgehead atoms. The number of hydrogen-bond donors (Lipinski definition) is 1. The van der Waals surface area contributed by atoms with Gasteiger partial charge in [0.15, 0.2) is 0 Å². The monoisotopic (exact) mass is 416 g/mol. The highest BCUT2D eigenvalue weighted by atomic mass is 35.5. The van der Waals surface area contributed by atoms with Crippen LogP contribution in [0.5, 0.6) is 0 Å². The molecular formula is C25H21ClN2O2. The van der Waals surface area contributed by atoms with Crippen LogP contribution in [0, 0.1) is 0 Å². The summed E-state index contributed by atoms with van der Waals surface area (Å²) in [5.41, 5.74) is 6.35. The SMILES string of the molecule is O=C(O)c1ccc2c(c1)cc1n2CCN(Cc2ccccc2-c2ccc(Cl)cc2)C1. The van der Waals surface area contributed by atoms with E-state index in [4.69, 9.17) is 11.6 Å². The molecule has 0 amide bonds. The number of nitrogens with zero attached hydrogens (tertiary/aromatic N) is 2. The van der Waals surface area contributed by atoms with Crippen molar-refractivity contribution in [3.63, 3.8) is 0 Å². The molecule has 1 N–H and O–H groups in total. The Morgan fingerprint density at radius 3 is 2.57 bits per heavy atom. The molecule has 2 heterocycles. The van der Waals surface area contributed by atoms with Crippen molar-refractivity contribution >= 4 is 28.5 Å². The van der Waals surface area contributed by atoms with Crippen LogP contribution in [0.2, 0.25) is 5.02 Å². The molecule has 0 saturated heterocycles. The Labute approximate surface area is 179 Å². The fourth-order valence-electron chi connectivity index (χ4n) is 4.35. The standard InChI is InChI=1S/C25H21ClN2O2/c26-21-8-5-17(6-9-21)23-4-2-1-3-19(23)15-27-11-12-28-22(16-27)14-20-13-18(25(29)30)7-10-24(20)28/h1-10,13-14H,11-12,15-16H2,(H,29,30). The topological polar surface area (TPSA) is 45.5 Å². The lowest BCUT2D eigenvalue weighted by atomic mass is 9.99. The third-order valence-corrected chi connectivity index (χ3v) is 6.08. The van der Waals surface area contributed by atoms with Gasteiger partial charge in [-0.15, -0.1) is 0 Å². The van der Waals surface area contributed by atoms with Crippen LogP contribution in [0.4, 0.5) is 0 Å². The van der Waals surface area contributed by atoms with E-state index in [0.717, 1.165) is 42.1 Å². The molecule has 0 saturated carbocycles. The third kappa shape index (κ3) is 3.49. The fourth-order valence-corrected chi connectivity index (χ4v) is 4.48. The molecule has 1 aliphatic heterocycles. The molecule has 150 valence electrons. The number of carboxylic acid groups (broad SMARTS) is 1. The Kier molecular flexibility index (Phi) is 4.81. The van der Waals surface area contributed by atoms with Gasteiger partial charge in [0.1, 0.15) is 0 Å². The fraction of sp³-hybridized carbons (Fsp3) is 0.160. The van der Waals surface area contributed by atoms with E-state index >= 15 is 0 Å². The van der Waals surface area contributed by atoms with Crippen molar-refractivity contribution in [2.24, 2.45) is 0 Å². The van der Waals surface area contributed by atoms with Crippen LogP contribution in [-0.2, 0) is 19.6 Å². The molecule has 0 spiro atoms. The predicted molar refractivity (Wildman–Crippen MR) is 120 cm³/mol. The van der Waals surface area contributed by atoms with Crippen molar-refractivity contribution in [3.05, 3.63) is 94.6 Å². The first kappa shape index (κ1) is 18.9. The summed E-state index contributed by atoms with van der Waals surface area (Å²) in [4.78, 5) is 13.7. The number of halogens is 1. The van der Waals surface area contributed by atoms with Crippen LogP contribution in [0.25, 0.3) is 22.0 Å². The zero-order valence-electron chi connectivity index (χ0n) is 16.4. The average Bonchev–Trinajstić information content (AvgIpc) is 3.11. The summed E-state index contributed by atoms with van der Waals surface area (Å²) in [7, 11) is 0. The zero-order chi connectivity index (χ0) is 20.7. The molecule has 0 unspecified atom stereocenters. The molecule has 4 nitrogen and oxygen atoms in total. The first-order valence-electron chi connectivity index (χ1n) is 10.0. The van der Waals surface area contributed by atoms with Crippen molar-refractivity contribution in [2.45, 2.75) is 19.6 Å². The molecule has 1 aromatic heterocycles. The highest BCUT2D eigenvalue weighted by Gasteiger charge is 2.20. The average molecular weight is 417 g/mol. The minimum Gasteiger partial charge on any atom is -0.478 e. The van der Waals surface area contributed by atoms with E-state index < -0.39 is 5.97 Å². The molecule has 5 heteroatoms. The highest BCUT2D eigenvalue weighted by molar-refractivity contribution is 6.30. The first-order valence-corrected chi connectivity index (χ1v) is 10.4. The van der Waals surface area contributed by atoms with Gasteiger partial charge < -0.3 is 9.67 Å². The summed E-state index contributed by atoms with van der Waals surface area (Å²) >= 11 is 6.06. The number of carboxylic acids is 1. The molecular weight excluding hydrogens is 396 g/mol. The second kappa shape index (κ2) is 7.63. The summed E-state index contributed by atoms with van der Waals surface area (Å²) in [5, 5.41) is 11.0. The number of aromatic carboxylic acids is 1. The van der Waals surface area contributed by atoms with Gasteiger partial charge in [-0.05, 0) is 53.1 Å². The second-order valence-electron chi connectivity index (χ2n) is 7.74. The molecule has 5 rings (SSSR count). The second-order valence-corrected chi connectivity index (χ2v) is 8.18. The van der Waals surface area contributed by atoms with Gasteiger partial charge in [0, 0.05) is 47.8 Å². The van der Waals surface area contributed by atoms with Crippen LogP contribution in [-0.4, -0.2) is 27.1 Å². The maximum Gasteiger partial charge on any atom is 0.335 e. The Balaban J connectivity index is 1.42. The summed E-state index contributed by atoms with van der Waals surface area (Å²) in [5.74, 6) is -0.887. The van der Waals surface area contributed by atoms with E-state index in [-0.39, 0.29) is 0 Å². The molecule has 0 atom stereocenters. The maximum absolute atomic E-state index is 11.3. The van der Waals surface area contributed by atoms with E-state index in [1.54, 1.807) is 12.1 Å². The van der Waals surface area contributed by atoms with Crippen molar-refractivity contribution in [3.8, 4) is 11.1 Å². The minimum atomic E-state index is -0.887. The Morgan fingerprint density at radius 2 is 1.77 bits per heavy atom. The van der Waals surface area contributed by atoms with Crippen LogP contribution in [0.15, 0.2) is 72.8 Å². The number of aromatic nitrogens is 1. The van der Waals surface area contributed by atoms with E-state index in [1.807, 2.05) is 18.2 Å². The molecule has 4 aromatic rings. The van der Waals surface area contributed by atoms with Gasteiger partial charge in [0.05, 0.1) is 5.56 Å². The van der Waals surface area contributed by atoms with E-state index in [1.165, 1.54) is 22.4 Å². The summed E-state index contributed by atoms with van der Waals surface area (Å²) < 4.78 is 2.31. The van der Waals surface area contributed by atoms with Crippen molar-refractivity contribution in [2.75, 3.05) is 6.54 Å². The van der Waals surface area contributed by atoms with Crippen LogP contribution < -0.4 is 0 Å². The summed E-state index contributed by atoms with van der Waals surface area (Å²) in [6.45, 7) is 3.55. The van der Waals surface area contributed by atoms with Gasteiger partial charge in [-0.3, -0.25) is 4.90 Å². The van der Waals surface area contributed by atoms with Crippen molar-refractivity contribution in [1.29, 1.82) is 0 Å². The number of benzene rings is 3. The predicted octanol–water partition coefficient (Wildman–Crippen LogP) is 5.68. The van der Waals surface area contributed by atoms with Gasteiger partial charge in [0.25, 0.3) is 0 Å². The maximum atomic E-state index is 11.3. The molecule has 1 aliphatic rings. The number of fused-ring (bicyclic) bond motifs is 3. The Bertz CT molecular complexity index is 1240. The van der Waals surface area contributed by atoms with Gasteiger partial charge >= 0.3 is 5.97 Å². The normalized spacial score (nSPS) is 14.0. The lowest BCUT2D eigenvalue weighted by molar-refractivity contribution is 0.0697. The molecule has 0 radical (unpaired) electrons. The lowest BCUT2D eigenvalue weighted by Crippen LogP contribution is -2.33. The van der Waals surface area contributed by atoms with Crippen LogP contribution >= 0.6 is 11.6 Å². The van der Waals surface area contributed by atoms with Gasteiger partial charge in [-0.25, -0.2) is 4.79 Å². The smallest absolute Gasteiger partial charge is 0.335 e. The van der Waals surface area contributed by atoms with Crippen LogP contribution in [0.1, 0.15) is 21.6 Å². The summed E-state index contributed by atoms with van der Waals surface area (Å²) in [6.07, 6.45) is 0. The van der Waals surface area contributed by atoms with E-state index in [0.29, 0.717) is 5.56 Å². The van der Waals surface area contributed by atoms with Gasteiger partial charge in [-0.2, -0.15) is 0 Å². The van der Waals surface area contributed by atoms with E-state index in [9.17, 15) is 9.90 Å². The van der Waals surface area contributed by atoms with Gasteiger partial charge in [-0.1, -0.05) is 48.0 Å². The highest BCUT2D eigenvalue weighted by Crippen LogP contribution is 2.29. The molecule has 3 aromatic carbocycles. The third-order valence-electron chi connectivity index (χ3n) is 5.83. The van der Waals surface area contributed by atoms with Crippen molar-refractivity contribution < 1.29 is 9.90 Å². The van der Waals surface area contributed by atoms with Crippen LogP contribution in [0.3, 0.4) is 0 Å². The Hall–Kier alpha value is -3.08. The van der Waals surface area contributed by atoms with Crippen molar-refractivity contribution in [1.82, 2.24) is 9.47 Å². The Morgan fingerprint density at radius 1 is 0.967 bits per heavy atom. The minimum absolute atomic E-state index is 0.333. The largest absolute Gasteiger partial charge is 0.478 e. The molecule has 30 heavy (non-hydrogen) atoms. The zero-order valence-corrected chi connectivity index (χ0v) is 17.1. The molecule has 0 aliphatic carbocycles. The summed E-state index contributed by atoms with van der Waals surface area (Å²) in [6, 6.07) is 24.0. The first-order chi connectivity index (χ1) is 14.6. The van der Waals surface area contributed by atoms with E-state index in [2.05, 4.69) is 51.9 Å². The van der Waals surface area contributed by atoms with Gasteiger partial charge in [0.2, 0.25) is 0 Å².